The molecule has 0 unspecified atom stereocenters. The molecule has 102 valence electrons. The minimum absolute atomic E-state index is 0.0342. The molecule has 6 heteroatoms. The summed E-state index contributed by atoms with van der Waals surface area (Å²) in [6, 6.07) is 9.17. The fourth-order valence-corrected chi connectivity index (χ4v) is 1.46. The van der Waals surface area contributed by atoms with Crippen LogP contribution in [0.4, 0.5) is 8.78 Å². The van der Waals surface area contributed by atoms with Crippen molar-refractivity contribution in [2.24, 2.45) is 5.10 Å². The molecule has 0 aliphatic rings. The van der Waals surface area contributed by atoms with Crippen LogP contribution in [0.1, 0.15) is 15.9 Å². The Morgan fingerprint density at radius 2 is 1.85 bits per heavy atom. The third kappa shape index (κ3) is 3.17. The van der Waals surface area contributed by atoms with E-state index in [-0.39, 0.29) is 16.9 Å². The average Bonchev–Trinajstić information content (AvgIpc) is 2.44. The number of hydrogen-bond donors (Lipinski definition) is 2. The third-order valence-corrected chi connectivity index (χ3v) is 2.48. The summed E-state index contributed by atoms with van der Waals surface area (Å²) in [7, 11) is 0. The number of hydrazone groups is 1. The summed E-state index contributed by atoms with van der Waals surface area (Å²) in [4.78, 5) is 11.6. The summed E-state index contributed by atoms with van der Waals surface area (Å²) in [6.07, 6.45) is 1.01. The molecular weight excluding hydrogens is 266 g/mol. The molecule has 0 spiro atoms. The molecule has 4 nitrogen and oxygen atoms in total. The highest BCUT2D eigenvalue weighted by molar-refractivity contribution is 5.94. The maximum atomic E-state index is 13.3. The van der Waals surface area contributed by atoms with E-state index in [1.54, 1.807) is 0 Å². The van der Waals surface area contributed by atoms with Gasteiger partial charge in [-0.25, -0.2) is 14.2 Å². The number of phenolic OH excluding ortho intramolecular Hbond substituents is 1. The molecule has 2 rings (SSSR count). The van der Waals surface area contributed by atoms with Gasteiger partial charge in [0.15, 0.2) is 11.6 Å². The molecule has 20 heavy (non-hydrogen) atoms. The smallest absolute Gasteiger partial charge is 0.271 e. The Labute approximate surface area is 113 Å². The molecule has 0 atom stereocenters. The van der Waals surface area contributed by atoms with Gasteiger partial charge in [0.1, 0.15) is 5.75 Å². The lowest BCUT2D eigenvalue weighted by Crippen LogP contribution is -2.17. The maximum Gasteiger partial charge on any atom is 0.271 e. The van der Waals surface area contributed by atoms with Crippen LogP contribution in [-0.2, 0) is 0 Å². The largest absolute Gasteiger partial charge is 0.508 e. The van der Waals surface area contributed by atoms with Gasteiger partial charge in [-0.15, -0.1) is 0 Å². The van der Waals surface area contributed by atoms with Crippen molar-refractivity contribution in [1.29, 1.82) is 0 Å². The molecule has 0 saturated carbocycles. The molecule has 0 aliphatic carbocycles. The van der Waals surface area contributed by atoms with Crippen molar-refractivity contribution < 1.29 is 18.7 Å². The Bertz CT molecular complexity index is 655. The number of halogens is 2. The van der Waals surface area contributed by atoms with Crippen LogP contribution in [-0.4, -0.2) is 17.2 Å². The summed E-state index contributed by atoms with van der Waals surface area (Å²) in [5.74, 6) is -2.51. The Balaban J connectivity index is 2.04. The van der Waals surface area contributed by atoms with E-state index in [4.69, 9.17) is 5.11 Å². The van der Waals surface area contributed by atoms with E-state index in [1.807, 2.05) is 0 Å². The maximum absolute atomic E-state index is 13.3. The molecule has 0 aromatic heterocycles. The molecule has 2 N–H and O–H groups in total. The van der Waals surface area contributed by atoms with Crippen molar-refractivity contribution in [2.75, 3.05) is 0 Å². The number of phenols is 1. The van der Waals surface area contributed by atoms with Crippen LogP contribution < -0.4 is 5.43 Å². The van der Waals surface area contributed by atoms with Crippen LogP contribution in [0.15, 0.2) is 47.6 Å². The van der Waals surface area contributed by atoms with Gasteiger partial charge in [-0.2, -0.15) is 5.10 Å². The van der Waals surface area contributed by atoms with Crippen molar-refractivity contribution >= 4 is 12.1 Å². The number of carbonyl (C=O) groups is 1. The van der Waals surface area contributed by atoms with Crippen LogP contribution in [0.5, 0.6) is 5.75 Å². The van der Waals surface area contributed by atoms with E-state index >= 15 is 0 Å². The molecule has 0 bridgehead atoms. The Hall–Kier alpha value is -2.76. The zero-order chi connectivity index (χ0) is 14.5. The lowest BCUT2D eigenvalue weighted by Gasteiger charge is -2.00. The fourth-order valence-electron chi connectivity index (χ4n) is 1.46. The average molecular weight is 276 g/mol. The number of aromatic hydroxyl groups is 1. The molecule has 2 aromatic rings. The second-order valence-corrected chi connectivity index (χ2v) is 3.89. The predicted octanol–water partition coefficient (Wildman–Crippen LogP) is 2.43. The van der Waals surface area contributed by atoms with Gasteiger partial charge in [-0.3, -0.25) is 4.79 Å². The van der Waals surface area contributed by atoms with Crippen molar-refractivity contribution in [3.63, 3.8) is 0 Å². The molecule has 0 heterocycles. The number of hydrogen-bond acceptors (Lipinski definition) is 3. The lowest BCUT2D eigenvalue weighted by molar-refractivity contribution is 0.0955. The first-order chi connectivity index (χ1) is 9.58. The topological polar surface area (TPSA) is 61.7 Å². The predicted molar refractivity (Wildman–Crippen MR) is 69.5 cm³/mol. The molecule has 2 aromatic carbocycles. The second kappa shape index (κ2) is 5.92. The van der Waals surface area contributed by atoms with Crippen LogP contribution in [0, 0.1) is 11.6 Å². The third-order valence-electron chi connectivity index (χ3n) is 2.48. The SMILES string of the molecule is O=C(N/N=C\c1cccc(F)c1F)c1ccc(O)cc1. The van der Waals surface area contributed by atoms with E-state index in [0.29, 0.717) is 0 Å². The summed E-state index contributed by atoms with van der Waals surface area (Å²) in [5, 5.41) is 12.6. The van der Waals surface area contributed by atoms with Crippen molar-refractivity contribution in [2.45, 2.75) is 0 Å². The fraction of sp³-hybridized carbons (Fsp3) is 0. The highest BCUT2D eigenvalue weighted by atomic mass is 19.2. The standard InChI is InChI=1S/C14H10F2N2O2/c15-12-3-1-2-10(13(12)16)8-17-18-14(20)9-4-6-11(19)7-5-9/h1-8,19H,(H,18,20)/b17-8-. The first-order valence-electron chi connectivity index (χ1n) is 5.64. The quantitative estimate of drug-likeness (QED) is 0.668. The van der Waals surface area contributed by atoms with Crippen molar-refractivity contribution in [1.82, 2.24) is 5.43 Å². The van der Waals surface area contributed by atoms with Crippen LogP contribution in [0.2, 0.25) is 0 Å². The van der Waals surface area contributed by atoms with Crippen molar-refractivity contribution in [3.8, 4) is 5.75 Å². The van der Waals surface area contributed by atoms with Gasteiger partial charge in [0.2, 0.25) is 0 Å². The van der Waals surface area contributed by atoms with Crippen LogP contribution in [0.3, 0.4) is 0 Å². The molecule has 1 amide bonds. The second-order valence-electron chi connectivity index (χ2n) is 3.89. The molecule has 0 fully saturated rings. The highest BCUT2D eigenvalue weighted by Gasteiger charge is 2.06. The zero-order valence-electron chi connectivity index (χ0n) is 10.2. The summed E-state index contributed by atoms with van der Waals surface area (Å²) in [6.45, 7) is 0. The monoisotopic (exact) mass is 276 g/mol. The summed E-state index contributed by atoms with van der Waals surface area (Å²) in [5.41, 5.74) is 2.38. The normalized spacial score (nSPS) is 10.7. The summed E-state index contributed by atoms with van der Waals surface area (Å²) < 4.78 is 26.2. The first kappa shape index (κ1) is 13.7. The Kier molecular flexibility index (Phi) is 4.05. The van der Waals surface area contributed by atoms with E-state index in [9.17, 15) is 13.6 Å². The molecule has 0 radical (unpaired) electrons. The van der Waals surface area contributed by atoms with Crippen LogP contribution in [0.25, 0.3) is 0 Å². The number of benzene rings is 2. The summed E-state index contributed by atoms with van der Waals surface area (Å²) >= 11 is 0. The number of nitrogens with one attached hydrogen (secondary N) is 1. The highest BCUT2D eigenvalue weighted by Crippen LogP contribution is 2.10. The van der Waals surface area contributed by atoms with Gasteiger partial charge in [-0.1, -0.05) is 12.1 Å². The molecule has 0 saturated heterocycles. The van der Waals surface area contributed by atoms with Crippen LogP contribution >= 0.6 is 0 Å². The van der Waals surface area contributed by atoms with Gasteiger partial charge in [0.25, 0.3) is 5.91 Å². The zero-order valence-corrected chi connectivity index (χ0v) is 10.2. The molecular formula is C14H10F2N2O2. The van der Waals surface area contributed by atoms with Gasteiger partial charge in [0.05, 0.1) is 6.21 Å². The lowest BCUT2D eigenvalue weighted by atomic mass is 10.2. The van der Waals surface area contributed by atoms with E-state index < -0.39 is 17.5 Å². The van der Waals surface area contributed by atoms with E-state index in [1.165, 1.54) is 36.4 Å². The number of nitrogens with zero attached hydrogens (tertiary/aromatic N) is 1. The van der Waals surface area contributed by atoms with Gasteiger partial charge in [0, 0.05) is 11.1 Å². The van der Waals surface area contributed by atoms with Gasteiger partial charge >= 0.3 is 0 Å². The first-order valence-corrected chi connectivity index (χ1v) is 5.64. The number of carbonyl (C=O) groups excluding carboxylic acids is 1. The van der Waals surface area contributed by atoms with E-state index in [0.717, 1.165) is 12.3 Å². The Morgan fingerprint density at radius 1 is 1.15 bits per heavy atom. The van der Waals surface area contributed by atoms with E-state index in [2.05, 4.69) is 10.5 Å². The van der Waals surface area contributed by atoms with Gasteiger partial charge in [-0.05, 0) is 30.3 Å². The number of rotatable bonds is 3. The van der Waals surface area contributed by atoms with Gasteiger partial charge < -0.3 is 5.11 Å². The molecule has 0 aliphatic heterocycles. The van der Waals surface area contributed by atoms with Crippen molar-refractivity contribution in [3.05, 3.63) is 65.2 Å². The minimum atomic E-state index is -1.03. The minimum Gasteiger partial charge on any atom is -0.508 e. The Morgan fingerprint density at radius 3 is 2.55 bits per heavy atom. The number of amides is 1.